The standard InChI is InChI=1S/C25H33N7O3/c1-14(2)32-23-20(13-28-32)18(24(34)27-12-19-15(3)9-16(4)29-25(19)35)10-21(30-23)17-5-7-31(8-6-17)22(33)11-26/h9-10,13-14,17,19H,5-8,11-12,26H2,1-4H3,(H,27,34). The highest BCUT2D eigenvalue weighted by Gasteiger charge is 2.28. The number of fused-ring (bicyclic) bond motifs is 1. The molecule has 0 spiro atoms. The average molecular weight is 480 g/mol. The van der Waals surface area contributed by atoms with Crippen LogP contribution < -0.4 is 11.1 Å². The number of piperidine rings is 1. The first-order chi connectivity index (χ1) is 16.7. The van der Waals surface area contributed by atoms with E-state index in [-0.39, 0.29) is 42.8 Å². The van der Waals surface area contributed by atoms with Gasteiger partial charge in [0.25, 0.3) is 11.8 Å². The molecule has 2 aliphatic rings. The number of pyridine rings is 1. The number of carbonyl (C=O) groups is 3. The monoisotopic (exact) mass is 479 g/mol. The molecule has 0 aliphatic carbocycles. The maximum Gasteiger partial charge on any atom is 0.254 e. The topological polar surface area (TPSA) is 136 Å². The maximum absolute atomic E-state index is 13.4. The molecule has 35 heavy (non-hydrogen) atoms. The smallest absolute Gasteiger partial charge is 0.254 e. The van der Waals surface area contributed by atoms with Crippen LogP contribution in [0.1, 0.15) is 68.5 Å². The first-order valence-corrected chi connectivity index (χ1v) is 12.1. The summed E-state index contributed by atoms with van der Waals surface area (Å²) in [7, 11) is 0. The Balaban J connectivity index is 1.61. The number of nitrogens with one attached hydrogen (secondary N) is 1. The quantitative estimate of drug-likeness (QED) is 0.650. The molecule has 2 aromatic heterocycles. The summed E-state index contributed by atoms with van der Waals surface area (Å²) in [5.74, 6) is -0.918. The molecule has 10 nitrogen and oxygen atoms in total. The van der Waals surface area contributed by atoms with E-state index in [2.05, 4.69) is 15.4 Å². The zero-order valence-corrected chi connectivity index (χ0v) is 20.7. The van der Waals surface area contributed by atoms with E-state index in [0.717, 1.165) is 24.1 Å². The molecule has 0 aromatic carbocycles. The van der Waals surface area contributed by atoms with Crippen molar-refractivity contribution in [2.24, 2.45) is 16.6 Å². The lowest BCUT2D eigenvalue weighted by Crippen LogP contribution is -2.41. The normalized spacial score (nSPS) is 19.2. The molecule has 4 heterocycles. The van der Waals surface area contributed by atoms with E-state index in [1.54, 1.807) is 18.0 Å². The van der Waals surface area contributed by atoms with Gasteiger partial charge in [0, 0.05) is 43.0 Å². The number of nitrogens with two attached hydrogens (primary N) is 1. The SMILES string of the molecule is CC1=CC(C)=NC(=O)C1CNC(=O)c1cc(C2CCN(C(=O)CN)CC2)nc2c1cnn2C(C)C. The molecule has 3 N–H and O–H groups in total. The van der Waals surface area contributed by atoms with Gasteiger partial charge in [-0.05, 0) is 52.7 Å². The third kappa shape index (κ3) is 5.02. The Hall–Kier alpha value is -3.40. The number of amides is 3. The third-order valence-corrected chi connectivity index (χ3v) is 6.80. The number of dihydropyridines is 1. The molecular formula is C25H33N7O3. The zero-order valence-electron chi connectivity index (χ0n) is 20.7. The van der Waals surface area contributed by atoms with E-state index >= 15 is 0 Å². The predicted octanol–water partition coefficient (Wildman–Crippen LogP) is 1.97. The molecule has 2 aliphatic heterocycles. The molecule has 4 rings (SSSR count). The molecule has 0 saturated carbocycles. The Morgan fingerprint density at radius 2 is 1.94 bits per heavy atom. The van der Waals surface area contributed by atoms with Crippen molar-refractivity contribution in [3.05, 3.63) is 35.2 Å². The van der Waals surface area contributed by atoms with E-state index in [9.17, 15) is 14.4 Å². The molecule has 1 atom stereocenters. The van der Waals surface area contributed by atoms with Crippen molar-refractivity contribution in [1.29, 1.82) is 0 Å². The average Bonchev–Trinajstić information content (AvgIpc) is 3.26. The summed E-state index contributed by atoms with van der Waals surface area (Å²) in [4.78, 5) is 48.4. The number of carbonyl (C=O) groups excluding carboxylic acids is 3. The summed E-state index contributed by atoms with van der Waals surface area (Å²) < 4.78 is 1.82. The summed E-state index contributed by atoms with van der Waals surface area (Å²) in [5.41, 5.74) is 9.04. The Kier molecular flexibility index (Phi) is 7.11. The Labute approximate surface area is 204 Å². The minimum absolute atomic E-state index is 0.00973. The van der Waals surface area contributed by atoms with Crippen LogP contribution in [0, 0.1) is 5.92 Å². The Morgan fingerprint density at radius 1 is 1.23 bits per heavy atom. The molecule has 186 valence electrons. The van der Waals surface area contributed by atoms with Crippen molar-refractivity contribution in [3.8, 4) is 0 Å². The van der Waals surface area contributed by atoms with E-state index in [1.165, 1.54) is 0 Å². The molecule has 1 fully saturated rings. The van der Waals surface area contributed by atoms with Crippen LogP contribution in [0.5, 0.6) is 0 Å². The number of allylic oxidation sites excluding steroid dienone is 1. The number of aromatic nitrogens is 3. The fourth-order valence-electron chi connectivity index (χ4n) is 4.81. The third-order valence-electron chi connectivity index (χ3n) is 6.80. The fraction of sp³-hybridized carbons (Fsp3) is 0.520. The van der Waals surface area contributed by atoms with Crippen LogP contribution in [0.25, 0.3) is 11.0 Å². The zero-order chi connectivity index (χ0) is 25.3. The van der Waals surface area contributed by atoms with Crippen LogP contribution in [0.15, 0.2) is 28.9 Å². The van der Waals surface area contributed by atoms with Crippen molar-refractivity contribution in [1.82, 2.24) is 25.0 Å². The van der Waals surface area contributed by atoms with Crippen LogP contribution in [-0.4, -0.2) is 69.3 Å². The molecule has 10 heteroatoms. The van der Waals surface area contributed by atoms with Crippen molar-refractivity contribution in [3.63, 3.8) is 0 Å². The lowest BCUT2D eigenvalue weighted by Gasteiger charge is -2.31. The molecule has 1 unspecified atom stereocenters. The summed E-state index contributed by atoms with van der Waals surface area (Å²) in [6.45, 7) is 9.11. The van der Waals surface area contributed by atoms with Gasteiger partial charge >= 0.3 is 0 Å². The van der Waals surface area contributed by atoms with Crippen molar-refractivity contribution >= 4 is 34.5 Å². The summed E-state index contributed by atoms with van der Waals surface area (Å²) in [5, 5.41) is 8.09. The highest BCUT2D eigenvalue weighted by atomic mass is 16.2. The van der Waals surface area contributed by atoms with Crippen LogP contribution in [0.3, 0.4) is 0 Å². The van der Waals surface area contributed by atoms with Gasteiger partial charge in [-0.25, -0.2) is 14.7 Å². The minimum Gasteiger partial charge on any atom is -0.351 e. The highest BCUT2D eigenvalue weighted by Crippen LogP contribution is 2.31. The number of hydrogen-bond acceptors (Lipinski definition) is 6. The van der Waals surface area contributed by atoms with Gasteiger partial charge in [0.2, 0.25) is 5.91 Å². The number of hydrogen-bond donors (Lipinski definition) is 2. The molecule has 2 aromatic rings. The van der Waals surface area contributed by atoms with Crippen molar-refractivity contribution in [2.75, 3.05) is 26.2 Å². The van der Waals surface area contributed by atoms with Gasteiger partial charge in [0.1, 0.15) is 0 Å². The van der Waals surface area contributed by atoms with E-state index in [0.29, 0.717) is 35.4 Å². The first-order valence-electron chi connectivity index (χ1n) is 12.1. The number of aliphatic imine (C=N–C) groups is 1. The van der Waals surface area contributed by atoms with Crippen molar-refractivity contribution in [2.45, 2.75) is 52.5 Å². The molecule has 3 amide bonds. The van der Waals surface area contributed by atoms with Crippen LogP contribution in [0.4, 0.5) is 0 Å². The van der Waals surface area contributed by atoms with Crippen LogP contribution in [-0.2, 0) is 9.59 Å². The Morgan fingerprint density at radius 3 is 2.57 bits per heavy atom. The number of nitrogens with zero attached hydrogens (tertiary/aromatic N) is 5. The molecule has 1 saturated heterocycles. The number of rotatable bonds is 6. The summed E-state index contributed by atoms with van der Waals surface area (Å²) >= 11 is 0. The molecular weight excluding hydrogens is 446 g/mol. The van der Waals surface area contributed by atoms with Crippen LogP contribution in [0.2, 0.25) is 0 Å². The van der Waals surface area contributed by atoms with Gasteiger partial charge < -0.3 is 16.0 Å². The Bertz CT molecular complexity index is 1220. The molecule has 0 radical (unpaired) electrons. The van der Waals surface area contributed by atoms with Gasteiger partial charge in [-0.3, -0.25) is 14.4 Å². The van der Waals surface area contributed by atoms with Gasteiger partial charge in [-0.15, -0.1) is 0 Å². The second kappa shape index (κ2) is 10.1. The van der Waals surface area contributed by atoms with Gasteiger partial charge in [0.05, 0.1) is 29.6 Å². The van der Waals surface area contributed by atoms with E-state index < -0.39 is 5.92 Å². The molecule has 0 bridgehead atoms. The largest absolute Gasteiger partial charge is 0.351 e. The van der Waals surface area contributed by atoms with Crippen molar-refractivity contribution < 1.29 is 14.4 Å². The van der Waals surface area contributed by atoms with Gasteiger partial charge in [-0.2, -0.15) is 5.10 Å². The predicted molar refractivity (Wildman–Crippen MR) is 133 cm³/mol. The maximum atomic E-state index is 13.4. The van der Waals surface area contributed by atoms with Gasteiger partial charge in [-0.1, -0.05) is 5.57 Å². The lowest BCUT2D eigenvalue weighted by atomic mass is 9.91. The second-order valence-corrected chi connectivity index (χ2v) is 9.62. The fourth-order valence-corrected chi connectivity index (χ4v) is 4.81. The summed E-state index contributed by atoms with van der Waals surface area (Å²) in [6, 6.07) is 1.91. The van der Waals surface area contributed by atoms with E-state index in [4.69, 9.17) is 10.7 Å². The van der Waals surface area contributed by atoms with Gasteiger partial charge in [0.15, 0.2) is 5.65 Å². The van der Waals surface area contributed by atoms with Crippen LogP contribution >= 0.6 is 0 Å². The lowest BCUT2D eigenvalue weighted by molar-refractivity contribution is -0.130. The highest BCUT2D eigenvalue weighted by molar-refractivity contribution is 6.07. The first kappa shape index (κ1) is 24.7. The second-order valence-electron chi connectivity index (χ2n) is 9.62. The summed E-state index contributed by atoms with van der Waals surface area (Å²) in [6.07, 6.45) is 5.04. The van der Waals surface area contributed by atoms with E-state index in [1.807, 2.05) is 37.6 Å². The minimum atomic E-state index is -0.470. The number of likely N-dealkylation sites (tertiary alicyclic amines) is 1.